The Bertz CT molecular complexity index is 2000. The summed E-state index contributed by atoms with van der Waals surface area (Å²) in [4.78, 5) is 111. The Labute approximate surface area is 417 Å². The van der Waals surface area contributed by atoms with Gasteiger partial charge < -0.3 is 52.8 Å². The van der Waals surface area contributed by atoms with Gasteiger partial charge in [0.2, 0.25) is 41.4 Å². The van der Waals surface area contributed by atoms with E-state index in [1.54, 1.807) is 0 Å². The molecule has 0 bridgehead atoms. The molecule has 0 saturated carbocycles. The van der Waals surface area contributed by atoms with E-state index in [1.165, 1.54) is 36.8 Å². The van der Waals surface area contributed by atoms with E-state index in [1.807, 2.05) is 32.0 Å². The molecule has 11 N–H and O–H groups in total. The topological polar surface area (TPSA) is 319 Å². The number of phosphoric ester groups is 1. The largest absolute Gasteiger partial charge is 0.472 e. The van der Waals surface area contributed by atoms with E-state index in [4.69, 9.17) is 20.5 Å². The van der Waals surface area contributed by atoms with Gasteiger partial charge in [-0.3, -0.25) is 42.6 Å². The first-order valence-electron chi connectivity index (χ1n) is 24.4. The molecule has 1 aromatic carbocycles. The van der Waals surface area contributed by atoms with Crippen molar-refractivity contribution in [3.63, 3.8) is 0 Å². The van der Waals surface area contributed by atoms with E-state index in [0.717, 1.165) is 38.5 Å². The number of aromatic amines is 1. The minimum Gasteiger partial charge on any atom is -0.368 e. The molecule has 23 heteroatoms. The molecule has 2 aromatic rings. The molecule has 1 saturated heterocycles. The number of aromatic nitrogens is 2. The fourth-order valence-corrected chi connectivity index (χ4v) is 9.02. The Morgan fingerprint density at radius 1 is 0.871 bits per heavy atom. The highest BCUT2D eigenvalue weighted by Crippen LogP contribution is 2.45. The predicted octanol–water partition coefficient (Wildman–Crippen LogP) is 2.47. The number of hydrogen-bond donors (Lipinski definition) is 10. The third-order valence-electron chi connectivity index (χ3n) is 11.8. The van der Waals surface area contributed by atoms with Crippen molar-refractivity contribution in [3.8, 4) is 0 Å². The van der Waals surface area contributed by atoms with Crippen molar-refractivity contribution in [2.24, 2.45) is 17.4 Å². The van der Waals surface area contributed by atoms with Crippen molar-refractivity contribution < 1.29 is 52.1 Å². The molecule has 7 amide bonds. The summed E-state index contributed by atoms with van der Waals surface area (Å²) < 4.78 is 23.1. The van der Waals surface area contributed by atoms with Crippen molar-refractivity contribution in [2.75, 3.05) is 25.4 Å². The maximum Gasteiger partial charge on any atom is 0.472 e. The molecule has 3 rings (SSSR count). The molecule has 8 atom stereocenters. The number of amides is 7. The van der Waals surface area contributed by atoms with Crippen molar-refractivity contribution in [1.82, 2.24) is 41.5 Å². The molecule has 2 unspecified atom stereocenters. The van der Waals surface area contributed by atoms with E-state index in [9.17, 15) is 43.0 Å². The molecular formula is C47H77N10O11PS. The van der Waals surface area contributed by atoms with Crippen LogP contribution in [0.3, 0.4) is 0 Å². The van der Waals surface area contributed by atoms with Gasteiger partial charge in [-0.15, -0.1) is 0 Å². The standard InChI is InChI=1S/C47H77N10O11PS/c1-31(2)26-37(55-47(64)39-21-17-24-57(39)40(58)22-14-10-15-23-51-44(61)36(48)29-70)46(63)54-38(27-35-28-50-30-52-35)45(62)53-32(3)43(60)56-41(42(49)59)33(4)68-69(65,66)67-25-16-8-6-5-7-11-18-34-19-12-9-13-20-34/h9,12-13,19-20,28,30-33,36-39,41,70H,5-8,10-11,14-18,21-27,29,48H2,1-4H3,(H2,49,59)(H,50,52)(H,51,61)(H,53,62)(H,54,63)(H,55,64)(H,56,60)(H,65,66)/t32-,33+,36-,37-,38-,39-,41?/m0/s1. The Morgan fingerprint density at radius 2 is 1.54 bits per heavy atom. The monoisotopic (exact) mass is 1020 g/mol. The Kier molecular flexibility index (Phi) is 26.7. The highest BCUT2D eigenvalue weighted by molar-refractivity contribution is 7.80. The number of nitrogens with zero attached hydrogens (tertiary/aromatic N) is 2. The number of carbonyl (C=O) groups is 7. The van der Waals surface area contributed by atoms with Crippen molar-refractivity contribution >= 4 is 61.8 Å². The summed E-state index contributed by atoms with van der Waals surface area (Å²) in [5, 5.41) is 13.2. The van der Waals surface area contributed by atoms with Crippen LogP contribution in [0, 0.1) is 5.92 Å². The zero-order valence-corrected chi connectivity index (χ0v) is 42.9. The van der Waals surface area contributed by atoms with Gasteiger partial charge >= 0.3 is 7.82 Å². The van der Waals surface area contributed by atoms with Crippen molar-refractivity contribution in [1.29, 1.82) is 0 Å². The highest BCUT2D eigenvalue weighted by Gasteiger charge is 2.38. The number of benzene rings is 1. The molecule has 1 aliphatic rings. The van der Waals surface area contributed by atoms with Crippen LogP contribution in [-0.2, 0) is 60.0 Å². The summed E-state index contributed by atoms with van der Waals surface area (Å²) in [5.41, 5.74) is 13.0. The fourth-order valence-electron chi connectivity index (χ4n) is 7.90. The maximum atomic E-state index is 14.0. The summed E-state index contributed by atoms with van der Waals surface area (Å²) in [7, 11) is -4.68. The lowest BCUT2D eigenvalue weighted by molar-refractivity contribution is -0.140. The number of likely N-dealkylation sites (tertiary alicyclic amines) is 1. The van der Waals surface area contributed by atoms with Crippen molar-refractivity contribution in [3.05, 3.63) is 54.1 Å². The quantitative estimate of drug-likeness (QED) is 0.0274. The number of nitrogens with one attached hydrogen (secondary N) is 6. The second kappa shape index (κ2) is 31.5. The third kappa shape index (κ3) is 22.1. The number of imidazole rings is 1. The van der Waals surface area contributed by atoms with Gasteiger partial charge in [0, 0.05) is 43.6 Å². The molecule has 70 heavy (non-hydrogen) atoms. The van der Waals surface area contributed by atoms with E-state index >= 15 is 0 Å². The summed E-state index contributed by atoms with van der Waals surface area (Å²) in [5.74, 6) is -4.27. The Balaban J connectivity index is 1.53. The number of H-pyrrole nitrogens is 1. The van der Waals surface area contributed by atoms with Crippen LogP contribution in [0.4, 0.5) is 0 Å². The van der Waals surface area contributed by atoms with Gasteiger partial charge in [0.15, 0.2) is 0 Å². The molecule has 21 nitrogen and oxygen atoms in total. The second-order valence-electron chi connectivity index (χ2n) is 18.3. The number of unbranched alkanes of at least 4 members (excludes halogenated alkanes) is 7. The molecule has 1 fully saturated rings. The molecule has 392 valence electrons. The molecular weight excluding hydrogens is 944 g/mol. The van der Waals surface area contributed by atoms with Crippen LogP contribution in [0.1, 0.15) is 122 Å². The second-order valence-corrected chi connectivity index (χ2v) is 20.0. The van der Waals surface area contributed by atoms with Gasteiger partial charge in [-0.2, -0.15) is 12.6 Å². The zero-order chi connectivity index (χ0) is 51.6. The molecule has 0 aliphatic carbocycles. The number of phosphoric acid groups is 1. The van der Waals surface area contributed by atoms with Gasteiger partial charge in [-0.25, -0.2) is 9.55 Å². The summed E-state index contributed by atoms with van der Waals surface area (Å²) >= 11 is 4.02. The van der Waals surface area contributed by atoms with Gasteiger partial charge in [0.1, 0.15) is 30.2 Å². The van der Waals surface area contributed by atoms with E-state index in [0.29, 0.717) is 57.3 Å². The van der Waals surface area contributed by atoms with Gasteiger partial charge in [0.05, 0.1) is 25.1 Å². The van der Waals surface area contributed by atoms with Gasteiger partial charge in [-0.05, 0) is 76.7 Å². The number of carbonyl (C=O) groups excluding carboxylic acids is 7. The molecule has 2 heterocycles. The SMILES string of the molecule is CC(C)C[C@H](NC(=O)[C@@H]1CCCN1C(=O)CCCCCNC(=O)[C@@H](N)CS)C(=O)N[C@@H](Cc1cnc[nH]1)C(=O)N[C@@H](C)C(=O)NC(C(N)=O)[C@@H](C)OP(=O)(O)OCCCCCCCCc1ccccc1. The number of rotatable bonds is 34. The zero-order valence-electron chi connectivity index (χ0n) is 41.1. The highest BCUT2D eigenvalue weighted by atomic mass is 32.1. The Hall–Kier alpha value is -4.86. The number of primary amides is 1. The van der Waals surface area contributed by atoms with Gasteiger partial charge in [-0.1, -0.05) is 76.3 Å². The van der Waals surface area contributed by atoms with Crippen LogP contribution in [0.2, 0.25) is 0 Å². The number of thiol groups is 1. The lowest BCUT2D eigenvalue weighted by Gasteiger charge is -2.28. The average molecular weight is 1020 g/mol. The summed E-state index contributed by atoms with van der Waals surface area (Å²) in [6.07, 6.45) is 11.0. The van der Waals surface area contributed by atoms with Gasteiger partial charge in [0.25, 0.3) is 0 Å². The van der Waals surface area contributed by atoms with Crippen LogP contribution < -0.4 is 38.1 Å². The first-order chi connectivity index (χ1) is 33.3. The van der Waals surface area contributed by atoms with Crippen LogP contribution in [0.25, 0.3) is 0 Å². The number of nitrogens with two attached hydrogens (primary N) is 2. The Morgan fingerprint density at radius 3 is 2.20 bits per heavy atom. The van der Waals surface area contributed by atoms with Crippen molar-refractivity contribution in [2.45, 2.75) is 166 Å². The van der Waals surface area contributed by atoms with Crippen LogP contribution in [-0.4, -0.2) is 129 Å². The first-order valence-corrected chi connectivity index (χ1v) is 26.6. The maximum absolute atomic E-state index is 14.0. The number of aryl methyl sites for hydroxylation is 1. The predicted molar refractivity (Wildman–Crippen MR) is 267 cm³/mol. The average Bonchev–Trinajstić information content (AvgIpc) is 4.03. The van der Waals surface area contributed by atoms with Crippen LogP contribution in [0.5, 0.6) is 0 Å². The lowest BCUT2D eigenvalue weighted by Crippen LogP contribution is -2.59. The lowest BCUT2D eigenvalue weighted by atomic mass is 10.0. The van der Waals surface area contributed by atoms with E-state index in [-0.39, 0.29) is 49.4 Å². The van der Waals surface area contributed by atoms with Crippen LogP contribution >= 0.6 is 20.5 Å². The van der Waals surface area contributed by atoms with Crippen LogP contribution in [0.15, 0.2) is 42.9 Å². The molecule has 0 radical (unpaired) electrons. The first kappa shape index (κ1) is 59.4. The fraction of sp³-hybridized carbons (Fsp3) is 0.660. The molecule has 1 aliphatic heterocycles. The third-order valence-corrected chi connectivity index (χ3v) is 13.3. The van der Waals surface area contributed by atoms with E-state index < -0.39 is 79.7 Å². The smallest absolute Gasteiger partial charge is 0.368 e. The number of hydrogen-bond acceptors (Lipinski definition) is 13. The minimum absolute atomic E-state index is 0.0668. The van der Waals surface area contributed by atoms with E-state index in [2.05, 4.69) is 61.3 Å². The molecule has 0 spiro atoms. The normalized spacial score (nSPS) is 17.0. The summed E-state index contributed by atoms with van der Waals surface area (Å²) in [6.45, 7) is 7.05. The minimum atomic E-state index is -4.68. The molecule has 1 aromatic heterocycles. The summed E-state index contributed by atoms with van der Waals surface area (Å²) in [6, 6.07) is 3.45.